The average Bonchev–Trinajstić information content (AvgIpc) is 3.20. The molecule has 1 aliphatic heterocycles. The number of hydrazine groups is 1. The monoisotopic (exact) mass is 375 g/mol. The Morgan fingerprint density at radius 2 is 1.87 bits per heavy atom. The highest BCUT2D eigenvalue weighted by Gasteiger charge is 2.37. The molecule has 2 N–H and O–H groups in total. The summed E-state index contributed by atoms with van der Waals surface area (Å²) in [4.78, 5) is 26.0. The van der Waals surface area contributed by atoms with E-state index in [0.29, 0.717) is 33.2 Å². The van der Waals surface area contributed by atoms with Gasteiger partial charge in [-0.1, -0.05) is 34.8 Å². The Morgan fingerprint density at radius 1 is 1.22 bits per heavy atom. The maximum absolute atomic E-state index is 12.2. The number of amides is 2. The van der Waals surface area contributed by atoms with Gasteiger partial charge in [-0.05, 0) is 30.9 Å². The van der Waals surface area contributed by atoms with Crippen LogP contribution in [0.2, 0.25) is 15.1 Å². The molecule has 3 rings (SSSR count). The summed E-state index contributed by atoms with van der Waals surface area (Å²) in [5.41, 5.74) is 5.67. The van der Waals surface area contributed by atoms with Crippen LogP contribution in [-0.4, -0.2) is 29.8 Å². The van der Waals surface area contributed by atoms with E-state index >= 15 is 0 Å². The Hall–Kier alpha value is -1.17. The second-order valence-electron chi connectivity index (χ2n) is 6.00. The lowest BCUT2D eigenvalue weighted by atomic mass is 10.1. The molecule has 1 atom stereocenters. The molecule has 0 aromatic heterocycles. The molecule has 8 heteroatoms. The zero-order chi connectivity index (χ0) is 16.6. The van der Waals surface area contributed by atoms with Gasteiger partial charge in [0.1, 0.15) is 0 Å². The fraction of sp³-hybridized carbons (Fsp3) is 0.467. The predicted molar refractivity (Wildman–Crippen MR) is 90.6 cm³/mol. The first kappa shape index (κ1) is 16.7. The van der Waals surface area contributed by atoms with Crippen molar-refractivity contribution in [2.45, 2.75) is 19.3 Å². The quantitative estimate of drug-likeness (QED) is 0.775. The molecule has 0 spiro atoms. The van der Waals surface area contributed by atoms with Crippen LogP contribution in [-0.2, 0) is 9.59 Å². The van der Waals surface area contributed by atoms with Crippen LogP contribution in [0.3, 0.4) is 0 Å². The first-order chi connectivity index (χ1) is 10.9. The van der Waals surface area contributed by atoms with E-state index in [1.807, 2.05) is 0 Å². The lowest BCUT2D eigenvalue weighted by molar-refractivity contribution is -0.129. The van der Waals surface area contributed by atoms with Gasteiger partial charge >= 0.3 is 0 Å². The van der Waals surface area contributed by atoms with Crippen molar-refractivity contribution in [2.24, 2.45) is 11.8 Å². The smallest absolute Gasteiger partial charge is 0.243 e. The summed E-state index contributed by atoms with van der Waals surface area (Å²) in [5.74, 6) is 0.0440. The van der Waals surface area contributed by atoms with Crippen LogP contribution >= 0.6 is 34.8 Å². The van der Waals surface area contributed by atoms with Gasteiger partial charge in [-0.25, -0.2) is 0 Å². The van der Waals surface area contributed by atoms with Crippen LogP contribution in [0.5, 0.6) is 0 Å². The molecule has 0 radical (unpaired) electrons. The zero-order valence-electron chi connectivity index (χ0n) is 12.2. The van der Waals surface area contributed by atoms with Gasteiger partial charge in [0, 0.05) is 24.5 Å². The molecular weight excluding hydrogens is 361 g/mol. The lowest BCUT2D eigenvalue weighted by Gasteiger charge is -2.17. The van der Waals surface area contributed by atoms with E-state index in [-0.39, 0.29) is 24.2 Å². The fourth-order valence-electron chi connectivity index (χ4n) is 2.62. The Balaban J connectivity index is 1.56. The Kier molecular flexibility index (Phi) is 4.90. The van der Waals surface area contributed by atoms with Crippen molar-refractivity contribution >= 4 is 52.3 Å². The number of anilines is 1. The third-order valence-electron chi connectivity index (χ3n) is 4.08. The highest BCUT2D eigenvalue weighted by Crippen LogP contribution is 2.34. The second kappa shape index (κ2) is 6.75. The molecule has 124 valence electrons. The van der Waals surface area contributed by atoms with Crippen molar-refractivity contribution in [2.75, 3.05) is 18.5 Å². The number of nitrogens with zero attached hydrogens (tertiary/aromatic N) is 1. The highest BCUT2D eigenvalue weighted by molar-refractivity contribution is 6.41. The first-order valence-corrected chi connectivity index (χ1v) is 8.55. The molecule has 1 heterocycles. The Morgan fingerprint density at radius 3 is 2.48 bits per heavy atom. The van der Waals surface area contributed by atoms with Gasteiger partial charge in [0.25, 0.3) is 0 Å². The minimum Gasteiger partial charge on any atom is -0.342 e. The number of carbonyl (C=O) groups excluding carboxylic acids is 2. The van der Waals surface area contributed by atoms with E-state index in [1.54, 1.807) is 4.90 Å². The summed E-state index contributed by atoms with van der Waals surface area (Å²) in [7, 11) is 0. The molecule has 2 aliphatic rings. The van der Waals surface area contributed by atoms with Crippen molar-refractivity contribution < 1.29 is 9.59 Å². The van der Waals surface area contributed by atoms with Crippen molar-refractivity contribution in [1.82, 2.24) is 10.3 Å². The molecule has 0 bridgehead atoms. The molecule has 1 aromatic rings. The summed E-state index contributed by atoms with van der Waals surface area (Å²) in [5, 5.41) is 1.02. The SMILES string of the molecule is O=C(NNc1c(Cl)cc(Cl)cc1Cl)[C@@H]1CC(=O)N(CC2CC2)C1. The molecule has 1 saturated heterocycles. The Labute approximate surface area is 149 Å². The number of nitrogens with one attached hydrogen (secondary N) is 2. The molecular formula is C15H16Cl3N3O2. The van der Waals surface area contributed by atoms with Crippen LogP contribution in [0.25, 0.3) is 0 Å². The molecule has 1 aromatic carbocycles. The second-order valence-corrected chi connectivity index (χ2v) is 7.25. The maximum atomic E-state index is 12.2. The number of rotatable bonds is 5. The topological polar surface area (TPSA) is 61.4 Å². The molecule has 0 unspecified atom stereocenters. The van der Waals surface area contributed by atoms with Crippen molar-refractivity contribution in [3.8, 4) is 0 Å². The molecule has 1 aliphatic carbocycles. The minimum atomic E-state index is -0.362. The van der Waals surface area contributed by atoms with Gasteiger partial charge < -0.3 is 4.90 Å². The van der Waals surface area contributed by atoms with E-state index in [9.17, 15) is 9.59 Å². The van der Waals surface area contributed by atoms with E-state index < -0.39 is 0 Å². The highest BCUT2D eigenvalue weighted by atomic mass is 35.5. The van der Waals surface area contributed by atoms with E-state index in [0.717, 1.165) is 6.54 Å². The van der Waals surface area contributed by atoms with E-state index in [2.05, 4.69) is 10.9 Å². The van der Waals surface area contributed by atoms with Crippen LogP contribution < -0.4 is 10.9 Å². The number of halogens is 3. The first-order valence-electron chi connectivity index (χ1n) is 7.42. The molecule has 1 saturated carbocycles. The third kappa shape index (κ3) is 4.03. The van der Waals surface area contributed by atoms with Gasteiger partial charge in [0.2, 0.25) is 11.8 Å². The van der Waals surface area contributed by atoms with Gasteiger partial charge in [-0.15, -0.1) is 0 Å². The summed E-state index contributed by atoms with van der Waals surface area (Å²) in [6, 6.07) is 3.06. The van der Waals surface area contributed by atoms with Crippen LogP contribution in [0.15, 0.2) is 12.1 Å². The normalized spacial score (nSPS) is 20.7. The lowest BCUT2D eigenvalue weighted by Crippen LogP contribution is -2.37. The van der Waals surface area contributed by atoms with E-state index in [4.69, 9.17) is 34.8 Å². The van der Waals surface area contributed by atoms with Gasteiger partial charge in [0.15, 0.2) is 0 Å². The molecule has 2 amide bonds. The summed E-state index contributed by atoms with van der Waals surface area (Å²) >= 11 is 17.9. The van der Waals surface area contributed by atoms with Crippen LogP contribution in [0, 0.1) is 11.8 Å². The summed E-state index contributed by atoms with van der Waals surface area (Å²) in [6.07, 6.45) is 2.59. The number of hydrogen-bond donors (Lipinski definition) is 2. The van der Waals surface area contributed by atoms with Crippen LogP contribution in [0.4, 0.5) is 5.69 Å². The molecule has 2 fully saturated rings. The van der Waals surface area contributed by atoms with Gasteiger partial charge in [-0.3, -0.25) is 20.4 Å². The molecule has 23 heavy (non-hydrogen) atoms. The van der Waals surface area contributed by atoms with Gasteiger partial charge in [-0.2, -0.15) is 0 Å². The molecule has 5 nitrogen and oxygen atoms in total. The number of carbonyl (C=O) groups is 2. The van der Waals surface area contributed by atoms with Crippen molar-refractivity contribution in [3.63, 3.8) is 0 Å². The zero-order valence-corrected chi connectivity index (χ0v) is 14.5. The largest absolute Gasteiger partial charge is 0.342 e. The minimum absolute atomic E-state index is 0.0413. The average molecular weight is 377 g/mol. The van der Waals surface area contributed by atoms with Crippen molar-refractivity contribution in [1.29, 1.82) is 0 Å². The summed E-state index contributed by atoms with van der Waals surface area (Å²) < 4.78 is 0. The van der Waals surface area contributed by atoms with Crippen molar-refractivity contribution in [3.05, 3.63) is 27.2 Å². The predicted octanol–water partition coefficient (Wildman–Crippen LogP) is 3.35. The van der Waals surface area contributed by atoms with E-state index in [1.165, 1.54) is 25.0 Å². The number of likely N-dealkylation sites (tertiary alicyclic amines) is 1. The maximum Gasteiger partial charge on any atom is 0.243 e. The third-order valence-corrected chi connectivity index (χ3v) is 4.89. The number of benzene rings is 1. The van der Waals surface area contributed by atoms with Crippen LogP contribution in [0.1, 0.15) is 19.3 Å². The fourth-order valence-corrected chi connectivity index (χ4v) is 3.54. The Bertz CT molecular complexity index is 626. The standard InChI is InChI=1S/C15H16Cl3N3O2/c16-10-4-11(17)14(12(18)5-10)19-20-15(23)9-3-13(22)21(7-9)6-8-1-2-8/h4-5,8-9,19H,1-3,6-7H2,(H,20,23)/t9-/m1/s1. The summed E-state index contributed by atoms with van der Waals surface area (Å²) in [6.45, 7) is 1.23. The van der Waals surface area contributed by atoms with Gasteiger partial charge in [0.05, 0.1) is 21.7 Å². The number of hydrogen-bond acceptors (Lipinski definition) is 3.